The van der Waals surface area contributed by atoms with Crippen LogP contribution in [-0.4, -0.2) is 50.7 Å². The average molecular weight is 465 g/mol. The van der Waals surface area contributed by atoms with E-state index in [2.05, 4.69) is 15.0 Å². The first-order valence-corrected chi connectivity index (χ1v) is 12.0. The highest BCUT2D eigenvalue weighted by Gasteiger charge is 2.29. The van der Waals surface area contributed by atoms with Crippen LogP contribution in [0.25, 0.3) is 0 Å². The number of likely N-dealkylation sites (N-methyl/N-ethyl adjacent to an activating group) is 1. The summed E-state index contributed by atoms with van der Waals surface area (Å²) in [5.74, 6) is -0.912. The van der Waals surface area contributed by atoms with E-state index in [0.29, 0.717) is 12.2 Å². The number of alkyl halides is 1. The summed E-state index contributed by atoms with van der Waals surface area (Å²) in [4.78, 5) is 5.26. The third kappa shape index (κ3) is 5.36. The normalized spacial score (nSPS) is 20.0. The van der Waals surface area contributed by atoms with Crippen LogP contribution in [0.2, 0.25) is 5.02 Å². The minimum Gasteiger partial charge on any atom is -0.379 e. The van der Waals surface area contributed by atoms with Gasteiger partial charge < -0.3 is 5.32 Å². The van der Waals surface area contributed by atoms with Gasteiger partial charge in [-0.3, -0.25) is 9.62 Å². The van der Waals surface area contributed by atoms with E-state index >= 15 is 0 Å². The lowest BCUT2D eigenvalue weighted by Crippen LogP contribution is -2.47. The van der Waals surface area contributed by atoms with Gasteiger partial charge in [-0.05, 0) is 32.0 Å². The predicted molar refractivity (Wildman–Crippen MR) is 113 cm³/mol. The molecule has 0 unspecified atom stereocenters. The SMILES string of the molecule is CN(CCF)[C@H]1CCCC[C@@H]1Nc1cc(F)c(S(=O)(=O)Nc2nccs2)cc1Cl. The van der Waals surface area contributed by atoms with Gasteiger partial charge in [-0.2, -0.15) is 0 Å². The second-order valence-electron chi connectivity index (χ2n) is 6.98. The van der Waals surface area contributed by atoms with Crippen molar-refractivity contribution in [3.8, 4) is 0 Å². The lowest BCUT2D eigenvalue weighted by Gasteiger charge is -2.38. The summed E-state index contributed by atoms with van der Waals surface area (Å²) >= 11 is 7.38. The van der Waals surface area contributed by atoms with Crippen molar-refractivity contribution in [2.24, 2.45) is 0 Å². The van der Waals surface area contributed by atoms with Gasteiger partial charge in [-0.25, -0.2) is 22.2 Å². The van der Waals surface area contributed by atoms with E-state index in [-0.39, 0.29) is 22.2 Å². The van der Waals surface area contributed by atoms with Crippen LogP contribution in [0.15, 0.2) is 28.6 Å². The van der Waals surface area contributed by atoms with Crippen LogP contribution in [0.1, 0.15) is 25.7 Å². The second-order valence-corrected chi connectivity index (χ2v) is 9.93. The predicted octanol–water partition coefficient (Wildman–Crippen LogP) is 4.36. The standard InChI is InChI=1S/C18H23ClF2N4O2S2/c1-25(8-6-20)16-5-3-2-4-14(16)23-15-11-13(21)17(10-12(15)19)29(26,27)24-18-22-7-9-28-18/h7,9-11,14,16,23H,2-6,8H2,1H3,(H,22,24)/t14-,16-/m0/s1. The van der Waals surface area contributed by atoms with Crippen molar-refractivity contribution < 1.29 is 17.2 Å². The molecule has 11 heteroatoms. The summed E-state index contributed by atoms with van der Waals surface area (Å²) < 4.78 is 54.7. The highest BCUT2D eigenvalue weighted by molar-refractivity contribution is 7.93. The lowest BCUT2D eigenvalue weighted by molar-refractivity contribution is 0.166. The number of anilines is 2. The molecule has 0 radical (unpaired) electrons. The third-order valence-corrected chi connectivity index (χ3v) is 7.52. The molecule has 0 bridgehead atoms. The monoisotopic (exact) mass is 464 g/mol. The Labute approximate surface area is 178 Å². The van der Waals surface area contributed by atoms with Gasteiger partial charge in [0.05, 0.1) is 10.7 Å². The van der Waals surface area contributed by atoms with Crippen molar-refractivity contribution in [2.75, 3.05) is 30.3 Å². The maximum absolute atomic E-state index is 14.7. The molecule has 1 saturated carbocycles. The van der Waals surface area contributed by atoms with Crippen molar-refractivity contribution >= 4 is 43.8 Å². The summed E-state index contributed by atoms with van der Waals surface area (Å²) in [6, 6.07) is 2.25. The highest BCUT2D eigenvalue weighted by atomic mass is 35.5. The molecule has 0 spiro atoms. The zero-order chi connectivity index (χ0) is 21.0. The maximum Gasteiger partial charge on any atom is 0.266 e. The van der Waals surface area contributed by atoms with Crippen LogP contribution in [0.5, 0.6) is 0 Å². The molecule has 0 saturated heterocycles. The molecule has 3 rings (SSSR count). The molecular weight excluding hydrogens is 442 g/mol. The molecule has 1 heterocycles. The number of halogens is 3. The summed E-state index contributed by atoms with van der Waals surface area (Å²) in [7, 11) is -2.29. The van der Waals surface area contributed by atoms with Crippen molar-refractivity contribution in [1.29, 1.82) is 0 Å². The average Bonchev–Trinajstić information content (AvgIpc) is 3.17. The fraction of sp³-hybridized carbons (Fsp3) is 0.500. The van der Waals surface area contributed by atoms with Gasteiger partial charge >= 0.3 is 0 Å². The minimum atomic E-state index is -4.16. The Morgan fingerprint density at radius 2 is 2.10 bits per heavy atom. The van der Waals surface area contributed by atoms with Gasteiger partial charge in [-0.15, -0.1) is 11.3 Å². The fourth-order valence-corrected chi connectivity index (χ4v) is 5.75. The zero-order valence-corrected chi connectivity index (χ0v) is 18.3. The van der Waals surface area contributed by atoms with Gasteiger partial charge in [-0.1, -0.05) is 24.4 Å². The van der Waals surface area contributed by atoms with E-state index in [9.17, 15) is 17.2 Å². The molecule has 2 N–H and O–H groups in total. The van der Waals surface area contributed by atoms with Crippen molar-refractivity contribution in [3.63, 3.8) is 0 Å². The van der Waals surface area contributed by atoms with Crippen molar-refractivity contribution in [1.82, 2.24) is 9.88 Å². The smallest absolute Gasteiger partial charge is 0.266 e. The number of sulfonamides is 1. The third-order valence-electron chi connectivity index (χ3n) is 5.04. The molecular formula is C18H23ClF2N4O2S2. The molecule has 1 aliphatic rings. The Morgan fingerprint density at radius 3 is 2.79 bits per heavy atom. The first kappa shape index (κ1) is 22.2. The Hall–Kier alpha value is -1.49. The number of hydrogen-bond donors (Lipinski definition) is 2. The number of thiazole rings is 1. The molecule has 0 aliphatic heterocycles. The number of rotatable bonds is 8. The highest BCUT2D eigenvalue weighted by Crippen LogP contribution is 2.32. The fourth-order valence-electron chi connectivity index (χ4n) is 3.59. The van der Waals surface area contributed by atoms with Crippen LogP contribution in [0, 0.1) is 5.82 Å². The largest absolute Gasteiger partial charge is 0.379 e. The second kappa shape index (κ2) is 9.55. The van der Waals surface area contributed by atoms with Crippen LogP contribution >= 0.6 is 22.9 Å². The van der Waals surface area contributed by atoms with Crippen molar-refractivity contribution in [2.45, 2.75) is 42.7 Å². The van der Waals surface area contributed by atoms with Crippen LogP contribution < -0.4 is 10.0 Å². The first-order valence-electron chi connectivity index (χ1n) is 9.26. The van der Waals surface area contributed by atoms with E-state index in [4.69, 9.17) is 11.6 Å². The van der Waals surface area contributed by atoms with E-state index in [0.717, 1.165) is 49.2 Å². The number of nitrogens with one attached hydrogen (secondary N) is 2. The lowest BCUT2D eigenvalue weighted by atomic mass is 9.89. The number of aromatic nitrogens is 1. The van der Waals surface area contributed by atoms with E-state index in [1.807, 2.05) is 11.9 Å². The minimum absolute atomic E-state index is 0.0342. The molecule has 2 aromatic rings. The molecule has 1 aliphatic carbocycles. The Morgan fingerprint density at radius 1 is 1.34 bits per heavy atom. The Bertz CT molecular complexity index is 928. The molecule has 1 fully saturated rings. The topological polar surface area (TPSA) is 74.3 Å². The summed E-state index contributed by atoms with van der Waals surface area (Å²) in [5.41, 5.74) is 0.322. The Kier molecular flexibility index (Phi) is 7.31. The molecule has 160 valence electrons. The van der Waals surface area contributed by atoms with Gasteiger partial charge in [0.2, 0.25) is 0 Å². The summed E-state index contributed by atoms with van der Waals surface area (Å²) in [6.45, 7) is -0.113. The van der Waals surface area contributed by atoms with E-state index in [1.165, 1.54) is 6.20 Å². The molecule has 1 aromatic heterocycles. The summed E-state index contributed by atoms with van der Waals surface area (Å²) in [6.07, 6.45) is 5.23. The maximum atomic E-state index is 14.7. The molecule has 0 amide bonds. The van der Waals surface area contributed by atoms with Gasteiger partial charge in [0.1, 0.15) is 17.4 Å². The molecule has 6 nitrogen and oxygen atoms in total. The van der Waals surface area contributed by atoms with Gasteiger partial charge in [0.15, 0.2) is 5.13 Å². The first-order chi connectivity index (χ1) is 13.8. The van der Waals surface area contributed by atoms with E-state index in [1.54, 1.807) is 5.38 Å². The van der Waals surface area contributed by atoms with Crippen LogP contribution in [0.3, 0.4) is 0 Å². The van der Waals surface area contributed by atoms with Gasteiger partial charge in [0, 0.05) is 30.2 Å². The molecule has 1 aromatic carbocycles. The number of hydrogen-bond acceptors (Lipinski definition) is 6. The molecule has 2 atom stereocenters. The zero-order valence-electron chi connectivity index (χ0n) is 15.9. The molecule has 29 heavy (non-hydrogen) atoms. The Balaban J connectivity index is 1.81. The van der Waals surface area contributed by atoms with E-state index < -0.39 is 27.4 Å². The van der Waals surface area contributed by atoms with Crippen molar-refractivity contribution in [3.05, 3.63) is 34.5 Å². The van der Waals surface area contributed by atoms with Gasteiger partial charge in [0.25, 0.3) is 10.0 Å². The van der Waals surface area contributed by atoms with Crippen LogP contribution in [-0.2, 0) is 10.0 Å². The quantitative estimate of drug-likeness (QED) is 0.607. The summed E-state index contributed by atoms with van der Waals surface area (Å²) in [5, 5.41) is 5.09. The number of benzene rings is 1. The van der Waals surface area contributed by atoms with Crippen LogP contribution in [0.4, 0.5) is 19.6 Å². The number of nitrogens with zero attached hydrogens (tertiary/aromatic N) is 2.